The minimum absolute atomic E-state index is 0.522. The highest BCUT2D eigenvalue weighted by Crippen LogP contribution is 2.30. The van der Waals surface area contributed by atoms with Crippen molar-refractivity contribution in [1.29, 1.82) is 0 Å². The van der Waals surface area contributed by atoms with Crippen molar-refractivity contribution in [2.24, 2.45) is 0 Å². The Bertz CT molecular complexity index is 569. The van der Waals surface area contributed by atoms with E-state index in [2.05, 4.69) is 46.2 Å². The summed E-state index contributed by atoms with van der Waals surface area (Å²) in [5, 5.41) is 7.83. The van der Waals surface area contributed by atoms with Crippen molar-refractivity contribution in [2.75, 3.05) is 6.54 Å². The van der Waals surface area contributed by atoms with Gasteiger partial charge in [-0.3, -0.25) is 0 Å². The quantitative estimate of drug-likeness (QED) is 0.908. The molecular weight excluding hydrogens is 250 g/mol. The van der Waals surface area contributed by atoms with Gasteiger partial charge < -0.3 is 9.88 Å². The van der Waals surface area contributed by atoms with E-state index in [1.165, 1.54) is 30.4 Å². The molecule has 0 fully saturated rings. The molecule has 1 aliphatic rings. The molecule has 1 aliphatic carbocycles. The maximum Gasteiger partial charge on any atom is 0.146 e. The van der Waals surface area contributed by atoms with E-state index in [-0.39, 0.29) is 0 Å². The highest BCUT2D eigenvalue weighted by atomic mass is 15.3. The van der Waals surface area contributed by atoms with E-state index >= 15 is 0 Å². The van der Waals surface area contributed by atoms with E-state index < -0.39 is 0 Å². The van der Waals surface area contributed by atoms with Gasteiger partial charge in [-0.05, 0) is 43.9 Å². The van der Waals surface area contributed by atoms with E-state index in [4.69, 9.17) is 0 Å². The molecule has 2 aromatic heterocycles. The van der Waals surface area contributed by atoms with Crippen LogP contribution in [-0.4, -0.2) is 25.9 Å². The summed E-state index contributed by atoms with van der Waals surface area (Å²) in [5.41, 5.74) is 2.96. The van der Waals surface area contributed by atoms with Crippen molar-refractivity contribution in [1.82, 2.24) is 24.6 Å². The summed E-state index contributed by atoms with van der Waals surface area (Å²) in [6, 6.07) is 0.522. The Labute approximate surface area is 120 Å². The zero-order chi connectivity index (χ0) is 13.9. The Kier molecular flexibility index (Phi) is 3.87. The lowest BCUT2D eigenvalue weighted by Gasteiger charge is -2.22. The molecule has 20 heavy (non-hydrogen) atoms. The van der Waals surface area contributed by atoms with Gasteiger partial charge in [0.25, 0.3) is 0 Å². The molecule has 0 spiro atoms. The van der Waals surface area contributed by atoms with Crippen LogP contribution >= 0.6 is 0 Å². The average Bonchev–Trinajstić information content (AvgIpc) is 3.06. The van der Waals surface area contributed by atoms with Crippen LogP contribution in [0.25, 0.3) is 0 Å². The third-order valence-electron chi connectivity index (χ3n) is 4.08. The van der Waals surface area contributed by atoms with Crippen LogP contribution in [0.2, 0.25) is 0 Å². The first-order chi connectivity index (χ1) is 9.81. The fraction of sp³-hybridized carbons (Fsp3) is 0.600. The van der Waals surface area contributed by atoms with Crippen molar-refractivity contribution in [3.63, 3.8) is 0 Å². The predicted octanol–water partition coefficient (Wildman–Crippen LogP) is 2.13. The van der Waals surface area contributed by atoms with Crippen molar-refractivity contribution in [3.8, 4) is 0 Å². The third kappa shape index (κ3) is 2.50. The van der Waals surface area contributed by atoms with E-state index in [1.807, 2.05) is 4.68 Å². The molecule has 2 heterocycles. The monoisotopic (exact) mass is 273 g/mol. The van der Waals surface area contributed by atoms with Gasteiger partial charge in [-0.15, -0.1) is 0 Å². The standard InChI is InChI=1S/C15H23N5/c1-3-16-14-7-5-6-12-8-19(9-13(12)14)10-15-17-11-18-20(15)4-2/h8-9,11,14,16H,3-7,10H2,1-2H3. The van der Waals surface area contributed by atoms with Crippen LogP contribution in [0, 0.1) is 0 Å². The van der Waals surface area contributed by atoms with Gasteiger partial charge in [0, 0.05) is 25.0 Å². The molecule has 108 valence electrons. The molecule has 5 nitrogen and oxygen atoms in total. The number of nitrogens with one attached hydrogen (secondary N) is 1. The van der Waals surface area contributed by atoms with Crippen LogP contribution in [0.5, 0.6) is 0 Å². The zero-order valence-corrected chi connectivity index (χ0v) is 12.3. The molecule has 0 bridgehead atoms. The van der Waals surface area contributed by atoms with Crippen LogP contribution < -0.4 is 5.32 Å². The first-order valence-corrected chi connectivity index (χ1v) is 7.60. The zero-order valence-electron chi connectivity index (χ0n) is 12.3. The van der Waals surface area contributed by atoms with Crippen LogP contribution in [-0.2, 0) is 19.5 Å². The second-order valence-electron chi connectivity index (χ2n) is 5.41. The van der Waals surface area contributed by atoms with Gasteiger partial charge in [0.1, 0.15) is 12.2 Å². The van der Waals surface area contributed by atoms with Crippen LogP contribution in [0.1, 0.15) is 49.7 Å². The van der Waals surface area contributed by atoms with Gasteiger partial charge in [-0.2, -0.15) is 5.10 Å². The first kappa shape index (κ1) is 13.4. The lowest BCUT2D eigenvalue weighted by Crippen LogP contribution is -2.23. The van der Waals surface area contributed by atoms with Crippen molar-refractivity contribution >= 4 is 0 Å². The molecule has 5 heteroatoms. The minimum Gasteiger partial charge on any atom is -0.346 e. The largest absolute Gasteiger partial charge is 0.346 e. The van der Waals surface area contributed by atoms with Crippen molar-refractivity contribution in [2.45, 2.75) is 52.2 Å². The Balaban J connectivity index is 1.82. The van der Waals surface area contributed by atoms with Gasteiger partial charge in [0.15, 0.2) is 0 Å². The number of nitrogens with zero attached hydrogens (tertiary/aromatic N) is 4. The lowest BCUT2D eigenvalue weighted by molar-refractivity contribution is 0.473. The summed E-state index contributed by atoms with van der Waals surface area (Å²) < 4.78 is 4.22. The Morgan fingerprint density at radius 3 is 3.05 bits per heavy atom. The van der Waals surface area contributed by atoms with Crippen LogP contribution in [0.4, 0.5) is 0 Å². The second kappa shape index (κ2) is 5.79. The van der Waals surface area contributed by atoms with Gasteiger partial charge in [0.05, 0.1) is 6.54 Å². The normalized spacial score (nSPS) is 18.2. The molecule has 1 atom stereocenters. The third-order valence-corrected chi connectivity index (χ3v) is 4.08. The smallest absolute Gasteiger partial charge is 0.146 e. The summed E-state index contributed by atoms with van der Waals surface area (Å²) in [6.45, 7) is 6.98. The first-order valence-electron chi connectivity index (χ1n) is 7.60. The topological polar surface area (TPSA) is 47.7 Å². The van der Waals surface area contributed by atoms with Crippen molar-refractivity contribution < 1.29 is 0 Å². The lowest BCUT2D eigenvalue weighted by atomic mass is 9.91. The van der Waals surface area contributed by atoms with E-state index in [0.717, 1.165) is 25.5 Å². The van der Waals surface area contributed by atoms with Gasteiger partial charge in [0.2, 0.25) is 0 Å². The molecule has 0 radical (unpaired) electrons. The molecule has 0 amide bonds. The molecule has 0 aromatic carbocycles. The highest BCUT2D eigenvalue weighted by molar-refractivity contribution is 5.30. The second-order valence-corrected chi connectivity index (χ2v) is 5.41. The molecule has 0 saturated carbocycles. The number of aromatic nitrogens is 4. The molecular formula is C15H23N5. The van der Waals surface area contributed by atoms with E-state index in [1.54, 1.807) is 6.33 Å². The van der Waals surface area contributed by atoms with Gasteiger partial charge >= 0.3 is 0 Å². The number of rotatable bonds is 5. The Hall–Kier alpha value is -1.62. The molecule has 1 unspecified atom stereocenters. The highest BCUT2D eigenvalue weighted by Gasteiger charge is 2.21. The maximum absolute atomic E-state index is 4.36. The summed E-state index contributed by atoms with van der Waals surface area (Å²) in [4.78, 5) is 4.36. The van der Waals surface area contributed by atoms with Crippen LogP contribution in [0.15, 0.2) is 18.7 Å². The Morgan fingerprint density at radius 1 is 1.35 bits per heavy atom. The number of fused-ring (bicyclic) bond motifs is 1. The fourth-order valence-electron chi connectivity index (χ4n) is 3.14. The Morgan fingerprint density at radius 2 is 2.25 bits per heavy atom. The summed E-state index contributed by atoms with van der Waals surface area (Å²) in [7, 11) is 0. The summed E-state index contributed by atoms with van der Waals surface area (Å²) in [5.74, 6) is 1.03. The SMILES string of the molecule is CCNC1CCCc2cn(Cc3ncnn3CC)cc21. The maximum atomic E-state index is 4.36. The van der Waals surface area contributed by atoms with Gasteiger partial charge in [-0.1, -0.05) is 6.92 Å². The van der Waals surface area contributed by atoms with Crippen LogP contribution in [0.3, 0.4) is 0 Å². The average molecular weight is 273 g/mol. The molecule has 0 aliphatic heterocycles. The van der Waals surface area contributed by atoms with Gasteiger partial charge in [-0.25, -0.2) is 9.67 Å². The van der Waals surface area contributed by atoms with E-state index in [9.17, 15) is 0 Å². The molecule has 3 rings (SSSR count). The number of hydrogen-bond acceptors (Lipinski definition) is 3. The molecule has 1 N–H and O–H groups in total. The number of aryl methyl sites for hydroxylation is 2. The fourth-order valence-corrected chi connectivity index (χ4v) is 3.14. The molecule has 0 saturated heterocycles. The summed E-state index contributed by atoms with van der Waals surface area (Å²) in [6.07, 6.45) is 9.94. The van der Waals surface area contributed by atoms with Crippen molar-refractivity contribution in [3.05, 3.63) is 35.7 Å². The molecule has 2 aromatic rings. The summed E-state index contributed by atoms with van der Waals surface area (Å²) >= 11 is 0. The minimum atomic E-state index is 0.522. The predicted molar refractivity (Wildman–Crippen MR) is 78.6 cm³/mol. The number of hydrogen-bond donors (Lipinski definition) is 1. The van der Waals surface area contributed by atoms with E-state index in [0.29, 0.717) is 6.04 Å².